The summed E-state index contributed by atoms with van der Waals surface area (Å²) >= 11 is 0. The summed E-state index contributed by atoms with van der Waals surface area (Å²) in [5, 5.41) is 5.56. The Labute approximate surface area is 125 Å². The van der Waals surface area contributed by atoms with E-state index in [2.05, 4.69) is 24.5 Å². The molecule has 118 valence electrons. The number of imide groups is 1. The lowest BCUT2D eigenvalue weighted by atomic mass is 9.78. The first-order chi connectivity index (χ1) is 9.72. The van der Waals surface area contributed by atoms with Crippen molar-refractivity contribution in [1.29, 1.82) is 0 Å². The van der Waals surface area contributed by atoms with E-state index in [4.69, 9.17) is 0 Å². The van der Waals surface area contributed by atoms with Crippen molar-refractivity contribution in [3.05, 3.63) is 0 Å². The third-order valence-electron chi connectivity index (χ3n) is 4.80. The van der Waals surface area contributed by atoms with Crippen LogP contribution in [-0.2, 0) is 9.59 Å². The molecule has 0 aromatic carbocycles. The molecule has 1 aliphatic carbocycles. The third-order valence-corrected chi connectivity index (χ3v) is 4.80. The molecule has 2 N–H and O–H groups in total. The van der Waals surface area contributed by atoms with Gasteiger partial charge in [-0.15, -0.1) is 0 Å². The van der Waals surface area contributed by atoms with Crippen LogP contribution >= 0.6 is 0 Å². The molecule has 21 heavy (non-hydrogen) atoms. The summed E-state index contributed by atoms with van der Waals surface area (Å²) in [6.45, 7) is 7.41. The molecule has 1 heterocycles. The summed E-state index contributed by atoms with van der Waals surface area (Å²) in [6.07, 6.45) is 3.25. The zero-order valence-corrected chi connectivity index (χ0v) is 13.2. The Morgan fingerprint density at radius 2 is 2.00 bits per heavy atom. The molecule has 0 spiro atoms. The van der Waals surface area contributed by atoms with Crippen molar-refractivity contribution in [3.63, 3.8) is 0 Å². The molecule has 2 fully saturated rings. The molecule has 2 aliphatic rings. The maximum absolute atomic E-state index is 12.1. The van der Waals surface area contributed by atoms with Gasteiger partial charge in [0.15, 0.2) is 0 Å². The molecule has 0 aromatic heterocycles. The smallest absolute Gasteiger partial charge is 0.325 e. The maximum atomic E-state index is 12.1. The van der Waals surface area contributed by atoms with E-state index < -0.39 is 11.6 Å². The number of hydrogen-bond donors (Lipinski definition) is 2. The van der Waals surface area contributed by atoms with Crippen LogP contribution < -0.4 is 10.6 Å². The minimum absolute atomic E-state index is 0.134. The van der Waals surface area contributed by atoms with E-state index in [9.17, 15) is 14.4 Å². The van der Waals surface area contributed by atoms with Crippen LogP contribution in [-0.4, -0.2) is 40.9 Å². The van der Waals surface area contributed by atoms with E-state index in [0.29, 0.717) is 11.8 Å². The fourth-order valence-corrected chi connectivity index (χ4v) is 3.14. The van der Waals surface area contributed by atoms with Crippen LogP contribution in [0.25, 0.3) is 0 Å². The number of amides is 4. The predicted octanol–water partition coefficient (Wildman–Crippen LogP) is 1.26. The lowest BCUT2D eigenvalue weighted by molar-refractivity contribution is -0.134. The first-order valence-electron chi connectivity index (χ1n) is 7.66. The topological polar surface area (TPSA) is 78.5 Å². The number of urea groups is 1. The van der Waals surface area contributed by atoms with E-state index in [1.807, 2.05) is 0 Å². The van der Waals surface area contributed by atoms with Crippen molar-refractivity contribution in [2.24, 2.45) is 11.8 Å². The third kappa shape index (κ3) is 3.19. The van der Waals surface area contributed by atoms with Gasteiger partial charge in [-0.25, -0.2) is 4.79 Å². The van der Waals surface area contributed by atoms with Crippen LogP contribution in [0.2, 0.25) is 0 Å². The van der Waals surface area contributed by atoms with Gasteiger partial charge in [0.2, 0.25) is 5.91 Å². The van der Waals surface area contributed by atoms with Gasteiger partial charge in [-0.05, 0) is 32.1 Å². The Bertz CT molecular complexity index is 461. The summed E-state index contributed by atoms with van der Waals surface area (Å²) in [5.74, 6) is 0.386. The van der Waals surface area contributed by atoms with Crippen LogP contribution in [0.4, 0.5) is 4.79 Å². The van der Waals surface area contributed by atoms with Gasteiger partial charge in [0.25, 0.3) is 5.91 Å². The lowest BCUT2D eigenvalue weighted by Crippen LogP contribution is -2.48. The number of nitrogens with one attached hydrogen (secondary N) is 2. The van der Waals surface area contributed by atoms with Crippen molar-refractivity contribution in [2.45, 2.75) is 58.5 Å². The maximum Gasteiger partial charge on any atom is 0.325 e. The lowest BCUT2D eigenvalue weighted by Gasteiger charge is -2.34. The van der Waals surface area contributed by atoms with Gasteiger partial charge in [0, 0.05) is 6.04 Å². The number of carbonyl (C=O) groups excluding carboxylic acids is 3. The van der Waals surface area contributed by atoms with Crippen LogP contribution in [0.15, 0.2) is 0 Å². The van der Waals surface area contributed by atoms with Crippen molar-refractivity contribution in [1.82, 2.24) is 15.5 Å². The minimum atomic E-state index is -0.927. The van der Waals surface area contributed by atoms with Gasteiger partial charge in [0.05, 0.1) is 0 Å². The van der Waals surface area contributed by atoms with Gasteiger partial charge in [0.1, 0.15) is 12.1 Å². The van der Waals surface area contributed by atoms with Gasteiger partial charge < -0.3 is 10.6 Å². The van der Waals surface area contributed by atoms with E-state index in [-0.39, 0.29) is 24.4 Å². The molecule has 2 rings (SSSR count). The highest BCUT2D eigenvalue weighted by Crippen LogP contribution is 2.29. The second kappa shape index (κ2) is 5.66. The van der Waals surface area contributed by atoms with Crippen LogP contribution in [0.3, 0.4) is 0 Å². The summed E-state index contributed by atoms with van der Waals surface area (Å²) < 4.78 is 0. The molecule has 0 bridgehead atoms. The predicted molar refractivity (Wildman–Crippen MR) is 78.4 cm³/mol. The fraction of sp³-hybridized carbons (Fsp3) is 0.800. The number of hydrogen-bond acceptors (Lipinski definition) is 3. The van der Waals surface area contributed by atoms with Gasteiger partial charge in [-0.2, -0.15) is 0 Å². The molecule has 0 aromatic rings. The fourth-order valence-electron chi connectivity index (χ4n) is 3.14. The SMILES string of the molecule is C[C@@H]1[C@H](C)CCC[C@@H]1NC(=O)CN1C(=O)NC(C)(C)C1=O. The Morgan fingerprint density at radius 3 is 2.57 bits per heavy atom. The number of nitrogens with zero attached hydrogens (tertiary/aromatic N) is 1. The van der Waals surface area contributed by atoms with E-state index in [1.165, 1.54) is 6.42 Å². The average molecular weight is 295 g/mol. The second-order valence-electron chi connectivity index (χ2n) is 6.89. The van der Waals surface area contributed by atoms with E-state index in [0.717, 1.165) is 17.7 Å². The van der Waals surface area contributed by atoms with E-state index >= 15 is 0 Å². The van der Waals surface area contributed by atoms with Crippen LogP contribution in [0.1, 0.15) is 47.0 Å². The van der Waals surface area contributed by atoms with Crippen molar-refractivity contribution < 1.29 is 14.4 Å². The second-order valence-corrected chi connectivity index (χ2v) is 6.89. The molecule has 1 saturated heterocycles. The first-order valence-corrected chi connectivity index (χ1v) is 7.66. The summed E-state index contributed by atoms with van der Waals surface area (Å²) in [4.78, 5) is 36.9. The van der Waals surface area contributed by atoms with Gasteiger partial charge in [-0.1, -0.05) is 26.7 Å². The van der Waals surface area contributed by atoms with Crippen molar-refractivity contribution in [3.8, 4) is 0 Å². The zero-order valence-electron chi connectivity index (χ0n) is 13.2. The largest absolute Gasteiger partial charge is 0.352 e. The van der Waals surface area contributed by atoms with Gasteiger partial charge >= 0.3 is 6.03 Å². The highest BCUT2D eigenvalue weighted by atomic mass is 16.2. The Hall–Kier alpha value is -1.59. The number of rotatable bonds is 3. The quantitative estimate of drug-likeness (QED) is 0.769. The molecule has 6 heteroatoms. The molecule has 4 amide bonds. The Kier molecular flexibility index (Phi) is 4.25. The average Bonchev–Trinajstić information content (AvgIpc) is 2.57. The standard InChI is InChI=1S/C15H25N3O3/c1-9-6-5-7-11(10(9)2)16-12(19)8-18-13(20)15(3,4)17-14(18)21/h9-11H,5-8H2,1-4H3,(H,16,19)(H,17,21)/t9-,10-,11+/m1/s1. The summed E-state index contributed by atoms with van der Waals surface area (Å²) in [7, 11) is 0. The molecule has 0 unspecified atom stereocenters. The normalized spacial score (nSPS) is 32.0. The monoisotopic (exact) mass is 295 g/mol. The summed E-state index contributed by atoms with van der Waals surface area (Å²) in [6, 6.07) is -0.361. The first kappa shape index (κ1) is 15.8. The zero-order chi connectivity index (χ0) is 15.8. The van der Waals surface area contributed by atoms with Crippen molar-refractivity contribution >= 4 is 17.8 Å². The highest BCUT2D eigenvalue weighted by molar-refractivity contribution is 6.08. The molecular weight excluding hydrogens is 270 g/mol. The molecule has 1 aliphatic heterocycles. The van der Waals surface area contributed by atoms with Crippen LogP contribution in [0.5, 0.6) is 0 Å². The molecule has 1 saturated carbocycles. The molecular formula is C15H25N3O3. The molecule has 3 atom stereocenters. The van der Waals surface area contributed by atoms with Crippen molar-refractivity contribution in [2.75, 3.05) is 6.54 Å². The highest BCUT2D eigenvalue weighted by Gasteiger charge is 2.45. The minimum Gasteiger partial charge on any atom is -0.352 e. The molecule has 6 nitrogen and oxygen atoms in total. The Morgan fingerprint density at radius 1 is 1.33 bits per heavy atom. The van der Waals surface area contributed by atoms with Crippen LogP contribution in [0, 0.1) is 11.8 Å². The van der Waals surface area contributed by atoms with Gasteiger partial charge in [-0.3, -0.25) is 14.5 Å². The van der Waals surface area contributed by atoms with E-state index in [1.54, 1.807) is 13.8 Å². The molecule has 0 radical (unpaired) electrons. The Balaban J connectivity index is 1.93. The summed E-state index contributed by atoms with van der Waals surface area (Å²) in [5.41, 5.74) is -0.927. The number of carbonyl (C=O) groups is 3.